The molecule has 20 heavy (non-hydrogen) atoms. The maximum atomic E-state index is 6.00. The molecule has 2 unspecified atom stereocenters. The Morgan fingerprint density at radius 3 is 2.25 bits per heavy atom. The van der Waals surface area contributed by atoms with Crippen molar-refractivity contribution in [2.75, 3.05) is 26.9 Å². The first-order valence-electron chi connectivity index (χ1n) is 7.48. The van der Waals surface area contributed by atoms with Crippen molar-refractivity contribution in [3.8, 4) is 0 Å². The predicted octanol–water partition coefficient (Wildman–Crippen LogP) is 2.02. The second-order valence-electron chi connectivity index (χ2n) is 5.74. The van der Waals surface area contributed by atoms with Crippen molar-refractivity contribution >= 4 is 0 Å². The smallest absolute Gasteiger partial charge is 0.115 e. The van der Waals surface area contributed by atoms with Gasteiger partial charge in [-0.25, -0.2) is 0 Å². The van der Waals surface area contributed by atoms with Crippen LogP contribution in [0.2, 0.25) is 0 Å². The molecule has 0 bridgehead atoms. The summed E-state index contributed by atoms with van der Waals surface area (Å²) >= 11 is 0. The van der Waals surface area contributed by atoms with Gasteiger partial charge in [0, 0.05) is 7.11 Å². The Morgan fingerprint density at radius 1 is 1.00 bits per heavy atom. The molecule has 5 nitrogen and oxygen atoms in total. The highest BCUT2D eigenvalue weighted by molar-refractivity contribution is 4.91. The normalized spacial score (nSPS) is 30.6. The molecule has 0 aliphatic carbocycles. The fourth-order valence-corrected chi connectivity index (χ4v) is 2.31. The fourth-order valence-electron chi connectivity index (χ4n) is 2.31. The SMILES string of the molecule is COCCOC1C(OC(C)C)[C@@H](COC(C)C)O[C@H]1C. The minimum absolute atomic E-state index is 0.00336. The van der Waals surface area contributed by atoms with E-state index in [1.54, 1.807) is 7.11 Å². The number of hydrogen-bond acceptors (Lipinski definition) is 5. The van der Waals surface area contributed by atoms with Crippen LogP contribution in [0.5, 0.6) is 0 Å². The van der Waals surface area contributed by atoms with E-state index >= 15 is 0 Å². The first-order chi connectivity index (χ1) is 9.45. The Balaban J connectivity index is 2.60. The van der Waals surface area contributed by atoms with Crippen LogP contribution in [0.3, 0.4) is 0 Å². The molecule has 0 amide bonds. The maximum Gasteiger partial charge on any atom is 0.115 e. The van der Waals surface area contributed by atoms with Gasteiger partial charge in [-0.2, -0.15) is 0 Å². The number of ether oxygens (including phenoxy) is 5. The van der Waals surface area contributed by atoms with Crippen molar-refractivity contribution in [1.29, 1.82) is 0 Å². The van der Waals surface area contributed by atoms with E-state index in [1.165, 1.54) is 0 Å². The zero-order chi connectivity index (χ0) is 15.1. The monoisotopic (exact) mass is 290 g/mol. The third kappa shape index (κ3) is 5.66. The van der Waals surface area contributed by atoms with Crippen molar-refractivity contribution in [2.24, 2.45) is 0 Å². The Hall–Kier alpha value is -0.200. The summed E-state index contributed by atoms with van der Waals surface area (Å²) in [5, 5.41) is 0. The molecule has 1 heterocycles. The lowest BCUT2D eigenvalue weighted by atomic mass is 10.1. The number of rotatable bonds is 9. The van der Waals surface area contributed by atoms with Crippen LogP contribution in [0.15, 0.2) is 0 Å². The van der Waals surface area contributed by atoms with E-state index in [4.69, 9.17) is 23.7 Å². The van der Waals surface area contributed by atoms with Gasteiger partial charge < -0.3 is 23.7 Å². The van der Waals surface area contributed by atoms with Gasteiger partial charge in [0.05, 0.1) is 38.1 Å². The standard InChI is InChI=1S/C15H30O5/c1-10(2)18-9-13-15(19-11(3)4)14(12(5)20-13)17-8-7-16-6/h10-15H,7-9H2,1-6H3/t12-,13+,14?,15?/m0/s1. The number of hydrogen-bond donors (Lipinski definition) is 0. The second-order valence-corrected chi connectivity index (χ2v) is 5.74. The van der Waals surface area contributed by atoms with E-state index in [0.717, 1.165) is 0 Å². The zero-order valence-electron chi connectivity index (χ0n) is 13.6. The molecule has 1 aliphatic heterocycles. The molecule has 0 radical (unpaired) electrons. The summed E-state index contributed by atoms with van der Waals surface area (Å²) < 4.78 is 28.5. The van der Waals surface area contributed by atoms with Crippen LogP contribution in [-0.2, 0) is 23.7 Å². The second kappa shape index (κ2) is 8.95. The first-order valence-corrected chi connectivity index (χ1v) is 7.48. The average Bonchev–Trinajstić information content (AvgIpc) is 2.64. The molecule has 0 N–H and O–H groups in total. The molecule has 0 saturated carbocycles. The minimum Gasteiger partial charge on any atom is -0.382 e. The van der Waals surface area contributed by atoms with Crippen molar-refractivity contribution in [3.05, 3.63) is 0 Å². The van der Waals surface area contributed by atoms with Gasteiger partial charge in [0.15, 0.2) is 0 Å². The highest BCUT2D eigenvalue weighted by Gasteiger charge is 2.44. The topological polar surface area (TPSA) is 46.2 Å². The van der Waals surface area contributed by atoms with E-state index in [2.05, 4.69) is 0 Å². The summed E-state index contributed by atoms with van der Waals surface area (Å²) in [6.07, 6.45) is 0.0543. The molecule has 0 aromatic rings. The van der Waals surface area contributed by atoms with Crippen LogP contribution < -0.4 is 0 Å². The van der Waals surface area contributed by atoms with Crippen molar-refractivity contribution in [3.63, 3.8) is 0 Å². The lowest BCUT2D eigenvalue weighted by Gasteiger charge is -2.26. The Kier molecular flexibility index (Phi) is 7.99. The third-order valence-electron chi connectivity index (χ3n) is 3.16. The van der Waals surface area contributed by atoms with Gasteiger partial charge in [-0.15, -0.1) is 0 Å². The summed E-state index contributed by atoms with van der Waals surface area (Å²) in [4.78, 5) is 0. The molecule has 5 heteroatoms. The predicted molar refractivity (Wildman–Crippen MR) is 77.0 cm³/mol. The molecule has 1 aliphatic rings. The Morgan fingerprint density at radius 2 is 1.70 bits per heavy atom. The zero-order valence-corrected chi connectivity index (χ0v) is 13.6. The van der Waals surface area contributed by atoms with Gasteiger partial charge in [0.25, 0.3) is 0 Å². The molecule has 4 atom stereocenters. The minimum atomic E-state index is -0.0967. The molecule has 0 aromatic carbocycles. The van der Waals surface area contributed by atoms with Crippen molar-refractivity contribution in [1.82, 2.24) is 0 Å². The molecule has 1 saturated heterocycles. The van der Waals surface area contributed by atoms with Crippen LogP contribution in [-0.4, -0.2) is 63.6 Å². The van der Waals surface area contributed by atoms with Crippen LogP contribution in [0.25, 0.3) is 0 Å². The third-order valence-corrected chi connectivity index (χ3v) is 3.16. The van der Waals surface area contributed by atoms with E-state index in [0.29, 0.717) is 19.8 Å². The van der Waals surface area contributed by atoms with E-state index in [9.17, 15) is 0 Å². The van der Waals surface area contributed by atoms with Gasteiger partial charge in [-0.05, 0) is 34.6 Å². The molecular formula is C15H30O5. The molecular weight excluding hydrogens is 260 g/mol. The van der Waals surface area contributed by atoms with Crippen molar-refractivity contribution in [2.45, 2.75) is 71.2 Å². The molecule has 0 aromatic heterocycles. The van der Waals surface area contributed by atoms with E-state index in [-0.39, 0.29) is 36.6 Å². The molecule has 1 fully saturated rings. The van der Waals surface area contributed by atoms with E-state index < -0.39 is 0 Å². The summed E-state index contributed by atoms with van der Waals surface area (Å²) in [6, 6.07) is 0. The van der Waals surface area contributed by atoms with Crippen LogP contribution in [0.1, 0.15) is 34.6 Å². The fraction of sp³-hybridized carbons (Fsp3) is 1.00. The molecule has 1 rings (SSSR count). The van der Waals surface area contributed by atoms with Crippen LogP contribution in [0.4, 0.5) is 0 Å². The van der Waals surface area contributed by atoms with Crippen LogP contribution in [0, 0.1) is 0 Å². The summed E-state index contributed by atoms with van der Waals surface area (Å²) in [6.45, 7) is 11.8. The maximum absolute atomic E-state index is 6.00. The van der Waals surface area contributed by atoms with Crippen LogP contribution >= 0.6 is 0 Å². The van der Waals surface area contributed by atoms with Crippen molar-refractivity contribution < 1.29 is 23.7 Å². The summed E-state index contributed by atoms with van der Waals surface area (Å²) in [5.41, 5.74) is 0. The average molecular weight is 290 g/mol. The Labute approximate surface area is 122 Å². The lowest BCUT2D eigenvalue weighted by Crippen LogP contribution is -2.41. The molecule has 0 spiro atoms. The van der Waals surface area contributed by atoms with Gasteiger partial charge in [0.1, 0.15) is 18.3 Å². The van der Waals surface area contributed by atoms with Gasteiger partial charge in [-0.1, -0.05) is 0 Å². The largest absolute Gasteiger partial charge is 0.382 e. The quantitative estimate of drug-likeness (QED) is 0.608. The van der Waals surface area contributed by atoms with Gasteiger partial charge >= 0.3 is 0 Å². The summed E-state index contributed by atoms with van der Waals surface area (Å²) in [5.74, 6) is 0. The Bertz CT molecular complexity index is 257. The highest BCUT2D eigenvalue weighted by atomic mass is 16.6. The molecule has 120 valence electrons. The summed E-state index contributed by atoms with van der Waals surface area (Å²) in [7, 11) is 1.67. The number of methoxy groups -OCH3 is 1. The van der Waals surface area contributed by atoms with Gasteiger partial charge in [0.2, 0.25) is 0 Å². The first kappa shape index (κ1) is 17.9. The lowest BCUT2D eigenvalue weighted by molar-refractivity contribution is -0.106. The van der Waals surface area contributed by atoms with E-state index in [1.807, 2.05) is 34.6 Å². The highest BCUT2D eigenvalue weighted by Crippen LogP contribution is 2.28. The van der Waals surface area contributed by atoms with Gasteiger partial charge in [-0.3, -0.25) is 0 Å².